The summed E-state index contributed by atoms with van der Waals surface area (Å²) in [5.74, 6) is 1.73. The molecule has 1 atom stereocenters. The summed E-state index contributed by atoms with van der Waals surface area (Å²) in [4.78, 5) is 10.8. The number of rotatable bonds is 5. The zero-order valence-corrected chi connectivity index (χ0v) is 12.3. The number of nitrogens with zero attached hydrogens (tertiary/aromatic N) is 3. The van der Waals surface area contributed by atoms with Crippen LogP contribution in [0.5, 0.6) is 0 Å². The van der Waals surface area contributed by atoms with Crippen LogP contribution in [0.15, 0.2) is 24.0 Å². The van der Waals surface area contributed by atoms with Crippen molar-refractivity contribution in [3.05, 3.63) is 24.0 Å². The molecule has 5 nitrogen and oxygen atoms in total. The number of allylic oxidation sites excluding steroid dienone is 1. The first-order valence-electron chi connectivity index (χ1n) is 7.27. The summed E-state index contributed by atoms with van der Waals surface area (Å²) in [6.07, 6.45) is 7.07. The van der Waals surface area contributed by atoms with E-state index < -0.39 is 0 Å². The molecule has 2 rings (SSSR count). The first kappa shape index (κ1) is 14.8. The molecule has 1 aromatic heterocycles. The van der Waals surface area contributed by atoms with Crippen LogP contribution < -0.4 is 10.2 Å². The van der Waals surface area contributed by atoms with Gasteiger partial charge in [0.1, 0.15) is 18.0 Å². The lowest BCUT2D eigenvalue weighted by molar-refractivity contribution is 0.239. The molecule has 1 saturated heterocycles. The van der Waals surface area contributed by atoms with Crippen LogP contribution in [0.1, 0.15) is 33.1 Å². The maximum atomic E-state index is 9.49. The van der Waals surface area contributed by atoms with E-state index in [9.17, 15) is 5.11 Å². The lowest BCUT2D eigenvalue weighted by atomic mass is 10.0. The van der Waals surface area contributed by atoms with Gasteiger partial charge in [0.15, 0.2) is 0 Å². The van der Waals surface area contributed by atoms with Gasteiger partial charge >= 0.3 is 0 Å². The Kier molecular flexibility index (Phi) is 5.35. The van der Waals surface area contributed by atoms with E-state index in [0.29, 0.717) is 0 Å². The topological polar surface area (TPSA) is 61.3 Å². The quantitative estimate of drug-likeness (QED) is 0.807. The highest BCUT2D eigenvalue weighted by Crippen LogP contribution is 2.23. The monoisotopic (exact) mass is 276 g/mol. The smallest absolute Gasteiger partial charge is 0.134 e. The van der Waals surface area contributed by atoms with E-state index in [1.165, 1.54) is 12.0 Å². The van der Waals surface area contributed by atoms with Crippen molar-refractivity contribution < 1.29 is 5.11 Å². The molecule has 1 unspecified atom stereocenters. The number of hydrogen-bond donors (Lipinski definition) is 2. The Balaban J connectivity index is 2.06. The number of piperidine rings is 1. The normalized spacial score (nSPS) is 18.8. The minimum Gasteiger partial charge on any atom is -0.394 e. The van der Waals surface area contributed by atoms with Gasteiger partial charge in [-0.3, -0.25) is 0 Å². The Hall–Kier alpha value is -1.62. The highest BCUT2D eigenvalue weighted by molar-refractivity contribution is 5.49. The van der Waals surface area contributed by atoms with Crippen molar-refractivity contribution in [1.82, 2.24) is 9.97 Å². The van der Waals surface area contributed by atoms with Gasteiger partial charge in [0.25, 0.3) is 0 Å². The second-order valence-corrected chi connectivity index (χ2v) is 5.45. The maximum absolute atomic E-state index is 9.49. The molecule has 0 saturated carbocycles. The standard InChI is InChI=1S/C15H24N4O/c1-12(2)6-7-16-14-9-15(18-11-17-14)19-8-4-3-5-13(19)10-20/h6,9,11,13,20H,3-5,7-8,10H2,1-2H3,(H,16,17,18). The molecule has 0 aromatic carbocycles. The Morgan fingerprint density at radius 1 is 1.45 bits per heavy atom. The van der Waals surface area contributed by atoms with Gasteiger partial charge < -0.3 is 15.3 Å². The van der Waals surface area contributed by atoms with Crippen LogP contribution in [-0.4, -0.2) is 40.8 Å². The van der Waals surface area contributed by atoms with E-state index >= 15 is 0 Å². The van der Waals surface area contributed by atoms with Crippen LogP contribution in [0.2, 0.25) is 0 Å². The lowest BCUT2D eigenvalue weighted by Gasteiger charge is -2.35. The van der Waals surface area contributed by atoms with E-state index in [2.05, 4.69) is 40.1 Å². The van der Waals surface area contributed by atoms with Crippen LogP contribution in [0.25, 0.3) is 0 Å². The fourth-order valence-corrected chi connectivity index (χ4v) is 2.45. The van der Waals surface area contributed by atoms with E-state index in [4.69, 9.17) is 0 Å². The second-order valence-electron chi connectivity index (χ2n) is 5.45. The van der Waals surface area contributed by atoms with E-state index in [1.54, 1.807) is 6.33 Å². The average molecular weight is 276 g/mol. The van der Waals surface area contributed by atoms with Crippen molar-refractivity contribution in [2.45, 2.75) is 39.2 Å². The molecule has 110 valence electrons. The zero-order valence-electron chi connectivity index (χ0n) is 12.3. The summed E-state index contributed by atoms with van der Waals surface area (Å²) >= 11 is 0. The Morgan fingerprint density at radius 2 is 2.30 bits per heavy atom. The van der Waals surface area contributed by atoms with Gasteiger partial charge in [-0.25, -0.2) is 9.97 Å². The maximum Gasteiger partial charge on any atom is 0.134 e. The number of hydrogen-bond acceptors (Lipinski definition) is 5. The van der Waals surface area contributed by atoms with Crippen LogP contribution in [0.3, 0.4) is 0 Å². The molecular weight excluding hydrogens is 252 g/mol. The zero-order chi connectivity index (χ0) is 14.4. The summed E-state index contributed by atoms with van der Waals surface area (Å²) in [5, 5.41) is 12.8. The van der Waals surface area contributed by atoms with Gasteiger partial charge in [0.2, 0.25) is 0 Å². The molecule has 2 heterocycles. The van der Waals surface area contributed by atoms with Crippen molar-refractivity contribution in [2.24, 2.45) is 0 Å². The Morgan fingerprint density at radius 3 is 3.05 bits per heavy atom. The van der Waals surface area contributed by atoms with Crippen molar-refractivity contribution in [3.8, 4) is 0 Å². The molecule has 1 aromatic rings. The van der Waals surface area contributed by atoms with Crippen LogP contribution in [0.4, 0.5) is 11.6 Å². The van der Waals surface area contributed by atoms with Crippen LogP contribution in [-0.2, 0) is 0 Å². The third-order valence-corrected chi connectivity index (χ3v) is 3.58. The molecule has 1 fully saturated rings. The van der Waals surface area contributed by atoms with E-state index in [0.717, 1.165) is 37.6 Å². The number of nitrogens with one attached hydrogen (secondary N) is 1. The van der Waals surface area contributed by atoms with Crippen LogP contribution >= 0.6 is 0 Å². The van der Waals surface area contributed by atoms with Crippen molar-refractivity contribution >= 4 is 11.6 Å². The second kappa shape index (κ2) is 7.24. The first-order valence-corrected chi connectivity index (χ1v) is 7.27. The highest BCUT2D eigenvalue weighted by atomic mass is 16.3. The fraction of sp³-hybridized carbons (Fsp3) is 0.600. The number of aliphatic hydroxyl groups is 1. The fourth-order valence-electron chi connectivity index (χ4n) is 2.45. The third kappa shape index (κ3) is 3.93. The molecule has 0 spiro atoms. The molecule has 0 amide bonds. The largest absolute Gasteiger partial charge is 0.394 e. The van der Waals surface area contributed by atoms with E-state index in [-0.39, 0.29) is 12.6 Å². The molecule has 1 aliphatic rings. The molecular formula is C15H24N4O. The van der Waals surface area contributed by atoms with Gasteiger partial charge in [-0.1, -0.05) is 11.6 Å². The van der Waals surface area contributed by atoms with Gasteiger partial charge in [-0.2, -0.15) is 0 Å². The molecule has 0 bridgehead atoms. The minimum atomic E-state index is 0.185. The van der Waals surface area contributed by atoms with Gasteiger partial charge in [0.05, 0.1) is 12.6 Å². The average Bonchev–Trinajstić information content (AvgIpc) is 2.47. The summed E-state index contributed by atoms with van der Waals surface area (Å²) in [5.41, 5.74) is 1.28. The van der Waals surface area contributed by atoms with E-state index in [1.807, 2.05) is 6.07 Å². The summed E-state index contributed by atoms with van der Waals surface area (Å²) in [6.45, 7) is 6.06. The van der Waals surface area contributed by atoms with Crippen LogP contribution in [0, 0.1) is 0 Å². The first-order chi connectivity index (χ1) is 9.70. The summed E-state index contributed by atoms with van der Waals surface area (Å²) in [6, 6.07) is 2.15. The molecule has 0 aliphatic carbocycles. The molecule has 20 heavy (non-hydrogen) atoms. The molecule has 2 N–H and O–H groups in total. The van der Waals surface area contributed by atoms with Crippen molar-refractivity contribution in [1.29, 1.82) is 0 Å². The predicted molar refractivity (Wildman–Crippen MR) is 82.0 cm³/mol. The summed E-state index contributed by atoms with van der Waals surface area (Å²) < 4.78 is 0. The predicted octanol–water partition coefficient (Wildman–Crippen LogP) is 2.21. The van der Waals surface area contributed by atoms with Gasteiger partial charge in [0, 0.05) is 19.2 Å². The SMILES string of the molecule is CC(C)=CCNc1cc(N2CCCCC2CO)ncn1. The highest BCUT2D eigenvalue weighted by Gasteiger charge is 2.22. The lowest BCUT2D eigenvalue weighted by Crippen LogP contribution is -2.42. The summed E-state index contributed by atoms with van der Waals surface area (Å²) in [7, 11) is 0. The number of aromatic nitrogens is 2. The van der Waals surface area contributed by atoms with Crippen molar-refractivity contribution in [2.75, 3.05) is 29.9 Å². The van der Waals surface area contributed by atoms with Crippen molar-refractivity contribution in [3.63, 3.8) is 0 Å². The molecule has 1 aliphatic heterocycles. The molecule has 5 heteroatoms. The Labute approximate surface area is 120 Å². The minimum absolute atomic E-state index is 0.185. The number of aliphatic hydroxyl groups excluding tert-OH is 1. The van der Waals surface area contributed by atoms with Gasteiger partial charge in [-0.15, -0.1) is 0 Å². The third-order valence-electron chi connectivity index (χ3n) is 3.58. The Bertz CT molecular complexity index is 457. The molecule has 0 radical (unpaired) electrons. The number of anilines is 2. The van der Waals surface area contributed by atoms with Gasteiger partial charge in [-0.05, 0) is 33.1 Å².